The molecular weight excluding hydrogens is 363 g/mol. The van der Waals surface area contributed by atoms with Crippen LogP contribution in [0.4, 0.5) is 0 Å². The number of unbranched alkanes of at least 4 members (excludes halogenated alkanes) is 11. The van der Waals surface area contributed by atoms with E-state index in [0.717, 1.165) is 32.1 Å². The lowest BCUT2D eigenvalue weighted by Crippen LogP contribution is -2.27. The number of carbonyl (C=O) groups is 1. The van der Waals surface area contributed by atoms with E-state index in [4.69, 9.17) is 5.11 Å². The molecule has 3 N–H and O–H groups in total. The van der Waals surface area contributed by atoms with Crippen molar-refractivity contribution in [1.82, 2.24) is 0 Å². The summed E-state index contributed by atoms with van der Waals surface area (Å²) < 4.78 is 11.7. The topological polar surface area (TPSA) is 94.8 Å². The Bertz CT molecular complexity index is 411. The van der Waals surface area contributed by atoms with Crippen LogP contribution in [0, 0.1) is 0 Å². The zero-order chi connectivity index (χ0) is 20.3. The molecule has 0 saturated carbocycles. The van der Waals surface area contributed by atoms with Crippen molar-refractivity contribution in [3.05, 3.63) is 12.2 Å². The van der Waals surface area contributed by atoms with Gasteiger partial charge in [0.1, 0.15) is 6.10 Å². The summed E-state index contributed by atoms with van der Waals surface area (Å²) in [5.74, 6) is -1.67. The molecule has 3 atom stereocenters. The van der Waals surface area contributed by atoms with Crippen molar-refractivity contribution in [3.8, 4) is 0 Å². The molecular formula is C21H40O5P+. The minimum atomic E-state index is -2.54. The van der Waals surface area contributed by atoms with Gasteiger partial charge in [0.15, 0.2) is 0 Å². The van der Waals surface area contributed by atoms with E-state index in [1.54, 1.807) is 0 Å². The summed E-state index contributed by atoms with van der Waals surface area (Å²) in [6.45, 7) is 1.53. The molecule has 0 aliphatic carbocycles. The summed E-state index contributed by atoms with van der Waals surface area (Å²) in [6, 6.07) is 0. The highest BCUT2D eigenvalue weighted by Gasteiger charge is 2.41. The fourth-order valence-corrected chi connectivity index (χ4v) is 3.94. The van der Waals surface area contributed by atoms with E-state index in [1.165, 1.54) is 44.9 Å². The van der Waals surface area contributed by atoms with Crippen molar-refractivity contribution in [2.45, 2.75) is 109 Å². The number of aliphatic hydroxyl groups is 3. The zero-order valence-corrected chi connectivity index (χ0v) is 17.9. The van der Waals surface area contributed by atoms with Gasteiger partial charge >= 0.3 is 13.3 Å². The molecule has 0 aromatic carbocycles. The average molecular weight is 404 g/mol. The minimum Gasteiger partial charge on any atom is -0.393 e. The van der Waals surface area contributed by atoms with Gasteiger partial charge in [-0.25, -0.2) is 4.79 Å². The highest BCUT2D eigenvalue weighted by atomic mass is 31.1. The van der Waals surface area contributed by atoms with Crippen LogP contribution in [0.3, 0.4) is 0 Å². The van der Waals surface area contributed by atoms with Gasteiger partial charge in [-0.1, -0.05) is 75.0 Å². The molecule has 0 bridgehead atoms. The highest BCUT2D eigenvalue weighted by molar-refractivity contribution is 7.64. The van der Waals surface area contributed by atoms with Crippen molar-refractivity contribution in [1.29, 1.82) is 0 Å². The average Bonchev–Trinajstić information content (AvgIpc) is 2.68. The second-order valence-corrected chi connectivity index (χ2v) is 8.90. The summed E-state index contributed by atoms with van der Waals surface area (Å²) in [5, 5.41) is 27.4. The predicted molar refractivity (Wildman–Crippen MR) is 111 cm³/mol. The number of allylic oxidation sites excluding steroid dienone is 2. The third-order valence-corrected chi connectivity index (χ3v) is 6.21. The number of hydrogen-bond acceptors (Lipinski definition) is 5. The van der Waals surface area contributed by atoms with Crippen molar-refractivity contribution < 1.29 is 24.7 Å². The van der Waals surface area contributed by atoms with E-state index in [-0.39, 0.29) is 6.42 Å². The van der Waals surface area contributed by atoms with E-state index in [1.807, 2.05) is 0 Å². The number of rotatable bonds is 19. The Hall–Kier alpha value is -0.610. The zero-order valence-electron chi connectivity index (χ0n) is 17.0. The highest BCUT2D eigenvalue weighted by Crippen LogP contribution is 2.31. The maximum Gasteiger partial charge on any atom is 0.448 e. The van der Waals surface area contributed by atoms with E-state index < -0.39 is 31.9 Å². The SMILES string of the molecule is CCCCCCCCC=CCCCCCCCC(=O)[P+](=O)C(O)C(O)CO. The van der Waals surface area contributed by atoms with Crippen LogP contribution in [-0.2, 0) is 9.36 Å². The predicted octanol–water partition coefficient (Wildman–Crippen LogP) is 5.05. The van der Waals surface area contributed by atoms with Crippen LogP contribution in [0.5, 0.6) is 0 Å². The van der Waals surface area contributed by atoms with Gasteiger partial charge in [-0.15, -0.1) is 0 Å². The van der Waals surface area contributed by atoms with Gasteiger partial charge in [-0.3, -0.25) is 0 Å². The molecule has 3 unspecified atom stereocenters. The molecule has 0 radical (unpaired) electrons. The molecule has 0 rings (SSSR count). The van der Waals surface area contributed by atoms with E-state index >= 15 is 0 Å². The van der Waals surface area contributed by atoms with Crippen LogP contribution in [0.1, 0.15) is 96.8 Å². The number of hydrogen-bond donors (Lipinski definition) is 3. The lowest BCUT2D eigenvalue weighted by atomic mass is 10.1. The summed E-state index contributed by atoms with van der Waals surface area (Å²) in [4.78, 5) is 11.7. The Morgan fingerprint density at radius 2 is 1.33 bits per heavy atom. The van der Waals surface area contributed by atoms with Crippen LogP contribution in [0.25, 0.3) is 0 Å². The maximum absolute atomic E-state index is 11.7. The van der Waals surface area contributed by atoms with Gasteiger partial charge in [0.2, 0.25) is 0 Å². The molecule has 0 aliphatic heterocycles. The first-order valence-corrected chi connectivity index (χ1v) is 12.0. The normalized spacial score (nSPS) is 14.4. The molecule has 0 fully saturated rings. The Labute approximate surface area is 166 Å². The molecule has 0 aliphatic rings. The van der Waals surface area contributed by atoms with Crippen molar-refractivity contribution in [3.63, 3.8) is 0 Å². The lowest BCUT2D eigenvalue weighted by Gasteiger charge is -2.04. The van der Waals surface area contributed by atoms with Crippen molar-refractivity contribution >= 4 is 13.3 Å². The smallest absolute Gasteiger partial charge is 0.393 e. The van der Waals surface area contributed by atoms with E-state index in [2.05, 4.69) is 19.1 Å². The monoisotopic (exact) mass is 403 g/mol. The molecule has 0 amide bonds. The minimum absolute atomic E-state index is 0.155. The molecule has 0 aromatic rings. The molecule has 158 valence electrons. The van der Waals surface area contributed by atoms with Gasteiger partial charge in [0.05, 0.1) is 13.0 Å². The number of aliphatic hydroxyl groups excluding tert-OH is 3. The Kier molecular flexibility index (Phi) is 18.3. The summed E-state index contributed by atoms with van der Waals surface area (Å²) in [7, 11) is -2.54. The van der Waals surface area contributed by atoms with Crippen LogP contribution >= 0.6 is 7.80 Å². The summed E-state index contributed by atoms with van der Waals surface area (Å²) >= 11 is 0. The first-order valence-electron chi connectivity index (χ1n) is 10.7. The van der Waals surface area contributed by atoms with Crippen molar-refractivity contribution in [2.24, 2.45) is 0 Å². The van der Waals surface area contributed by atoms with Crippen LogP contribution < -0.4 is 0 Å². The standard InChI is InChI=1S/C21H40O5P/c1-2-3-4-5-6-7-8-9-10-11-12-13-14-15-16-17-20(24)27(26)21(25)19(23)18-22/h9-10,19,21-23,25H,2-8,11-18H2,1H3/q+1. The van der Waals surface area contributed by atoms with E-state index in [0.29, 0.717) is 6.42 Å². The Morgan fingerprint density at radius 1 is 0.852 bits per heavy atom. The first-order chi connectivity index (χ1) is 13.0. The summed E-state index contributed by atoms with van der Waals surface area (Å²) in [5.41, 5.74) is -0.525. The summed E-state index contributed by atoms with van der Waals surface area (Å²) in [6.07, 6.45) is 18.4. The third kappa shape index (κ3) is 15.0. The molecule has 6 heteroatoms. The van der Waals surface area contributed by atoms with Gasteiger partial charge in [-0.2, -0.15) is 0 Å². The maximum atomic E-state index is 11.7. The molecule has 27 heavy (non-hydrogen) atoms. The fourth-order valence-electron chi connectivity index (χ4n) is 2.86. The fraction of sp³-hybridized carbons (Fsp3) is 0.857. The van der Waals surface area contributed by atoms with Gasteiger partial charge in [-0.05, 0) is 32.1 Å². The van der Waals surface area contributed by atoms with E-state index in [9.17, 15) is 19.6 Å². The molecule has 5 nitrogen and oxygen atoms in total. The Balaban J connectivity index is 3.48. The quantitative estimate of drug-likeness (QED) is 0.159. The van der Waals surface area contributed by atoms with Crippen molar-refractivity contribution in [2.75, 3.05) is 6.61 Å². The largest absolute Gasteiger partial charge is 0.448 e. The molecule has 0 heterocycles. The first kappa shape index (κ1) is 26.4. The van der Waals surface area contributed by atoms with Crippen LogP contribution in [0.2, 0.25) is 0 Å². The molecule has 0 spiro atoms. The second-order valence-electron chi connectivity index (χ2n) is 7.22. The van der Waals surface area contributed by atoms with Gasteiger partial charge in [0.25, 0.3) is 5.85 Å². The number of carbonyl (C=O) groups excluding carboxylic acids is 1. The third-order valence-electron chi connectivity index (χ3n) is 4.67. The molecule has 0 aromatic heterocycles. The lowest BCUT2D eigenvalue weighted by molar-refractivity contribution is -0.112. The van der Waals surface area contributed by atoms with Crippen LogP contribution in [-0.4, -0.2) is 39.4 Å². The van der Waals surface area contributed by atoms with Gasteiger partial charge < -0.3 is 15.3 Å². The molecule has 0 saturated heterocycles. The second kappa shape index (κ2) is 18.7. The van der Waals surface area contributed by atoms with Crippen LogP contribution in [0.15, 0.2) is 12.2 Å². The Morgan fingerprint density at radius 3 is 1.85 bits per heavy atom. The van der Waals surface area contributed by atoms with Gasteiger partial charge in [0, 0.05) is 0 Å².